The Balaban J connectivity index is 2.12. The smallest absolute Gasteiger partial charge is 0.255 e. The van der Waals surface area contributed by atoms with Crippen LogP contribution >= 0.6 is 11.3 Å². The highest BCUT2D eigenvalue weighted by Gasteiger charge is 2.29. The fraction of sp³-hybridized carbons (Fsp3) is 0.267. The molecule has 0 saturated carbocycles. The molecule has 0 atom stereocenters. The summed E-state index contributed by atoms with van der Waals surface area (Å²) in [5.74, 6) is -0.0679. The van der Waals surface area contributed by atoms with Gasteiger partial charge >= 0.3 is 0 Å². The molecule has 0 unspecified atom stereocenters. The highest BCUT2D eigenvalue weighted by Crippen LogP contribution is 2.46. The lowest BCUT2D eigenvalue weighted by Gasteiger charge is -2.10. The topological polar surface area (TPSA) is 55.1 Å². The van der Waals surface area contributed by atoms with Crippen molar-refractivity contribution in [1.29, 1.82) is 0 Å². The van der Waals surface area contributed by atoms with Gasteiger partial charge in [-0.15, -0.1) is 11.3 Å². The quantitative estimate of drug-likeness (QED) is 0.753. The van der Waals surface area contributed by atoms with Gasteiger partial charge in [-0.3, -0.25) is 4.79 Å². The molecule has 3 N–H and O–H groups in total. The molecule has 3 rings (SSSR count). The van der Waals surface area contributed by atoms with E-state index in [2.05, 4.69) is 17.4 Å². The number of fused-ring (bicyclic) bond motifs is 3. The first-order valence-electron chi connectivity index (χ1n) is 6.38. The van der Waals surface area contributed by atoms with Crippen molar-refractivity contribution in [3.05, 3.63) is 40.3 Å². The first-order valence-corrected chi connectivity index (χ1v) is 7.20. The second kappa shape index (κ2) is 4.38. The third-order valence-corrected chi connectivity index (χ3v) is 4.31. The zero-order valence-electron chi connectivity index (χ0n) is 11.0. The van der Waals surface area contributed by atoms with Crippen molar-refractivity contribution < 1.29 is 4.79 Å². The maximum absolute atomic E-state index is 12.3. The molecule has 0 bridgehead atoms. The first-order chi connectivity index (χ1) is 9.08. The van der Waals surface area contributed by atoms with Gasteiger partial charge in [-0.05, 0) is 25.0 Å². The summed E-state index contributed by atoms with van der Waals surface area (Å²) in [4.78, 5) is 13.5. The van der Waals surface area contributed by atoms with Gasteiger partial charge in [0.15, 0.2) is 0 Å². The molecule has 19 heavy (non-hydrogen) atoms. The number of carbonyl (C=O) groups is 1. The van der Waals surface area contributed by atoms with Gasteiger partial charge in [0.1, 0.15) is 0 Å². The molecule has 98 valence electrons. The Labute approximate surface area is 116 Å². The van der Waals surface area contributed by atoms with Crippen LogP contribution in [0, 0.1) is 0 Å². The van der Waals surface area contributed by atoms with Crippen molar-refractivity contribution in [2.24, 2.45) is 0 Å². The zero-order chi connectivity index (χ0) is 13.6. The molecule has 4 heteroatoms. The molecule has 1 amide bonds. The van der Waals surface area contributed by atoms with Crippen LogP contribution in [0.4, 0.5) is 5.00 Å². The van der Waals surface area contributed by atoms with Gasteiger partial charge in [-0.25, -0.2) is 0 Å². The Morgan fingerprint density at radius 2 is 2.11 bits per heavy atom. The minimum atomic E-state index is -0.0679. The fourth-order valence-electron chi connectivity index (χ4n) is 2.56. The third-order valence-electron chi connectivity index (χ3n) is 3.29. The first kappa shape index (κ1) is 12.2. The maximum atomic E-state index is 12.3. The molecule has 1 heterocycles. The molecular formula is C15H16N2OS. The largest absolute Gasteiger partial charge is 0.390 e. The average Bonchev–Trinajstić information content (AvgIpc) is 2.82. The van der Waals surface area contributed by atoms with Crippen LogP contribution in [0.1, 0.15) is 34.6 Å². The molecule has 0 aliphatic heterocycles. The van der Waals surface area contributed by atoms with Crippen molar-refractivity contribution >= 4 is 22.2 Å². The molecule has 1 aliphatic rings. The summed E-state index contributed by atoms with van der Waals surface area (Å²) < 4.78 is 0. The Morgan fingerprint density at radius 3 is 2.84 bits per heavy atom. The third kappa shape index (κ3) is 1.92. The summed E-state index contributed by atoms with van der Waals surface area (Å²) in [6.07, 6.45) is 0.884. The van der Waals surface area contributed by atoms with E-state index in [4.69, 9.17) is 5.73 Å². The molecule has 0 saturated heterocycles. The van der Waals surface area contributed by atoms with Crippen LogP contribution < -0.4 is 11.1 Å². The van der Waals surface area contributed by atoms with Crippen LogP contribution in [0.3, 0.4) is 0 Å². The van der Waals surface area contributed by atoms with E-state index >= 15 is 0 Å². The van der Waals surface area contributed by atoms with Gasteiger partial charge in [0.25, 0.3) is 5.91 Å². The number of rotatable bonds is 2. The van der Waals surface area contributed by atoms with Crippen molar-refractivity contribution in [2.75, 3.05) is 5.73 Å². The van der Waals surface area contributed by atoms with Gasteiger partial charge in [-0.1, -0.05) is 24.3 Å². The predicted molar refractivity (Wildman–Crippen MR) is 79.6 cm³/mol. The number of nitrogens with two attached hydrogens (primary N) is 1. The van der Waals surface area contributed by atoms with Gasteiger partial charge in [0.2, 0.25) is 0 Å². The van der Waals surface area contributed by atoms with E-state index < -0.39 is 0 Å². The number of thiophene rings is 1. The monoisotopic (exact) mass is 272 g/mol. The molecule has 0 fully saturated rings. The Hall–Kier alpha value is -1.81. The van der Waals surface area contributed by atoms with Crippen LogP contribution in [0.5, 0.6) is 0 Å². The number of carbonyl (C=O) groups excluding carboxylic acids is 1. The molecule has 1 aromatic carbocycles. The van der Waals surface area contributed by atoms with Gasteiger partial charge in [0.05, 0.1) is 10.6 Å². The lowest BCUT2D eigenvalue weighted by Crippen LogP contribution is -2.30. The highest BCUT2D eigenvalue weighted by molar-refractivity contribution is 7.17. The number of hydrogen-bond acceptors (Lipinski definition) is 3. The second-order valence-electron chi connectivity index (χ2n) is 5.10. The summed E-state index contributed by atoms with van der Waals surface area (Å²) >= 11 is 1.53. The highest BCUT2D eigenvalue weighted by atomic mass is 32.1. The normalized spacial score (nSPS) is 12.4. The zero-order valence-corrected chi connectivity index (χ0v) is 11.8. The van der Waals surface area contributed by atoms with Crippen LogP contribution in [-0.2, 0) is 6.42 Å². The number of hydrogen-bond donors (Lipinski definition) is 2. The molecule has 3 nitrogen and oxygen atoms in total. The SMILES string of the molecule is CC(C)NC(=O)c1c(N)sc2c1-c1ccccc1C2. The van der Waals surface area contributed by atoms with Crippen molar-refractivity contribution in [3.63, 3.8) is 0 Å². The summed E-state index contributed by atoms with van der Waals surface area (Å²) in [5, 5.41) is 3.56. The fourth-order valence-corrected chi connectivity index (χ4v) is 3.66. The van der Waals surface area contributed by atoms with Crippen molar-refractivity contribution in [3.8, 4) is 11.1 Å². The Morgan fingerprint density at radius 1 is 1.37 bits per heavy atom. The van der Waals surface area contributed by atoms with E-state index in [1.807, 2.05) is 26.0 Å². The molecule has 2 aromatic rings. The minimum Gasteiger partial charge on any atom is -0.390 e. The van der Waals surface area contributed by atoms with E-state index in [1.54, 1.807) is 0 Å². The van der Waals surface area contributed by atoms with E-state index in [0.29, 0.717) is 10.6 Å². The minimum absolute atomic E-state index is 0.0679. The number of nitrogen functional groups attached to an aromatic ring is 1. The Bertz CT molecular complexity index is 658. The Kier molecular flexibility index (Phi) is 2.82. The molecule has 1 aromatic heterocycles. The maximum Gasteiger partial charge on any atom is 0.255 e. The lowest BCUT2D eigenvalue weighted by atomic mass is 10.0. The lowest BCUT2D eigenvalue weighted by molar-refractivity contribution is 0.0945. The van der Waals surface area contributed by atoms with Gasteiger partial charge in [0, 0.05) is 22.9 Å². The number of amides is 1. The standard InChI is InChI=1S/C15H16N2OS/c1-8(2)17-15(18)13-12-10-6-4-3-5-9(10)7-11(12)19-14(13)16/h3-6,8H,7,16H2,1-2H3,(H,17,18). The summed E-state index contributed by atoms with van der Waals surface area (Å²) in [6, 6.07) is 8.33. The average molecular weight is 272 g/mol. The van der Waals surface area contributed by atoms with Crippen LogP contribution in [0.15, 0.2) is 24.3 Å². The number of benzene rings is 1. The number of nitrogens with one attached hydrogen (secondary N) is 1. The summed E-state index contributed by atoms with van der Waals surface area (Å²) in [7, 11) is 0. The van der Waals surface area contributed by atoms with Crippen molar-refractivity contribution in [1.82, 2.24) is 5.32 Å². The predicted octanol–water partition coefficient (Wildman–Crippen LogP) is 3.04. The van der Waals surface area contributed by atoms with Crippen LogP contribution in [-0.4, -0.2) is 11.9 Å². The van der Waals surface area contributed by atoms with Crippen LogP contribution in [0.25, 0.3) is 11.1 Å². The summed E-state index contributed by atoms with van der Waals surface area (Å²) in [5.41, 5.74) is 10.2. The molecule has 1 aliphatic carbocycles. The van der Waals surface area contributed by atoms with Gasteiger partial charge < -0.3 is 11.1 Å². The van der Waals surface area contributed by atoms with Crippen LogP contribution in [0.2, 0.25) is 0 Å². The van der Waals surface area contributed by atoms with E-state index in [1.165, 1.54) is 21.8 Å². The molecular weight excluding hydrogens is 256 g/mol. The van der Waals surface area contributed by atoms with Gasteiger partial charge in [-0.2, -0.15) is 0 Å². The second-order valence-corrected chi connectivity index (χ2v) is 6.24. The molecule has 0 spiro atoms. The summed E-state index contributed by atoms with van der Waals surface area (Å²) in [6.45, 7) is 3.91. The molecule has 0 radical (unpaired) electrons. The van der Waals surface area contributed by atoms with E-state index in [-0.39, 0.29) is 11.9 Å². The number of anilines is 1. The van der Waals surface area contributed by atoms with Crippen molar-refractivity contribution in [2.45, 2.75) is 26.3 Å². The van der Waals surface area contributed by atoms with E-state index in [9.17, 15) is 4.79 Å². The van der Waals surface area contributed by atoms with E-state index in [0.717, 1.165) is 17.5 Å².